The van der Waals surface area contributed by atoms with E-state index in [1.807, 2.05) is 18.5 Å². The van der Waals surface area contributed by atoms with Crippen LogP contribution in [0.2, 0.25) is 0 Å². The minimum absolute atomic E-state index is 0.520. The van der Waals surface area contributed by atoms with Crippen molar-refractivity contribution in [3.63, 3.8) is 0 Å². The van der Waals surface area contributed by atoms with E-state index in [2.05, 4.69) is 59.1 Å². The lowest BCUT2D eigenvalue weighted by Gasteiger charge is -2.05. The SMILES string of the molecule is CCNC(=S)N/N=C\c1c(C)nn(Cc2ccc(C)cc2)c1C. The van der Waals surface area contributed by atoms with Gasteiger partial charge in [0.2, 0.25) is 0 Å². The largest absolute Gasteiger partial charge is 0.362 e. The van der Waals surface area contributed by atoms with Gasteiger partial charge in [0.25, 0.3) is 0 Å². The van der Waals surface area contributed by atoms with Gasteiger partial charge in [0.05, 0.1) is 18.5 Å². The van der Waals surface area contributed by atoms with Crippen molar-refractivity contribution >= 4 is 23.5 Å². The molecule has 0 amide bonds. The fourth-order valence-corrected chi connectivity index (χ4v) is 2.47. The third kappa shape index (κ3) is 4.63. The molecule has 0 aliphatic heterocycles. The normalized spacial score (nSPS) is 11.0. The van der Waals surface area contributed by atoms with E-state index >= 15 is 0 Å². The van der Waals surface area contributed by atoms with Crippen molar-refractivity contribution in [2.24, 2.45) is 5.10 Å². The lowest BCUT2D eigenvalue weighted by molar-refractivity contribution is 0.659. The number of nitrogens with one attached hydrogen (secondary N) is 2. The zero-order chi connectivity index (χ0) is 16.8. The summed E-state index contributed by atoms with van der Waals surface area (Å²) < 4.78 is 2.00. The predicted molar refractivity (Wildman–Crippen MR) is 99.0 cm³/mol. The Morgan fingerprint density at radius 2 is 1.96 bits per heavy atom. The molecule has 0 saturated heterocycles. The molecule has 0 aliphatic carbocycles. The number of aryl methyl sites for hydroxylation is 2. The highest BCUT2D eigenvalue weighted by molar-refractivity contribution is 7.80. The second-order valence-electron chi connectivity index (χ2n) is 5.46. The Labute approximate surface area is 142 Å². The fourth-order valence-electron chi connectivity index (χ4n) is 2.27. The van der Waals surface area contributed by atoms with Crippen LogP contribution in [0.25, 0.3) is 0 Å². The molecule has 0 bridgehead atoms. The highest BCUT2D eigenvalue weighted by atomic mass is 32.1. The summed E-state index contributed by atoms with van der Waals surface area (Å²) in [6.45, 7) is 9.65. The quantitative estimate of drug-likeness (QED) is 0.503. The Kier molecular flexibility index (Phi) is 5.87. The Bertz CT molecular complexity index is 701. The van der Waals surface area contributed by atoms with Gasteiger partial charge in [-0.05, 0) is 45.5 Å². The van der Waals surface area contributed by atoms with Crippen LogP contribution in [0, 0.1) is 20.8 Å². The molecule has 0 spiro atoms. The molecule has 0 aliphatic rings. The van der Waals surface area contributed by atoms with E-state index in [0.717, 1.165) is 30.0 Å². The highest BCUT2D eigenvalue weighted by Crippen LogP contribution is 2.13. The van der Waals surface area contributed by atoms with E-state index in [-0.39, 0.29) is 0 Å². The Hall–Kier alpha value is -2.21. The van der Waals surface area contributed by atoms with Crippen LogP contribution in [0.15, 0.2) is 29.4 Å². The van der Waals surface area contributed by atoms with Gasteiger partial charge in [-0.25, -0.2) is 0 Å². The molecule has 0 unspecified atom stereocenters. The van der Waals surface area contributed by atoms with Crippen LogP contribution in [-0.2, 0) is 6.54 Å². The summed E-state index contributed by atoms with van der Waals surface area (Å²) in [6, 6.07) is 8.51. The predicted octanol–water partition coefficient (Wildman–Crippen LogP) is 2.67. The molecule has 1 aromatic carbocycles. The smallest absolute Gasteiger partial charge is 0.186 e. The van der Waals surface area contributed by atoms with Crippen molar-refractivity contribution in [1.82, 2.24) is 20.5 Å². The van der Waals surface area contributed by atoms with Gasteiger partial charge in [-0.2, -0.15) is 10.2 Å². The first-order valence-electron chi connectivity index (χ1n) is 7.67. The van der Waals surface area contributed by atoms with Gasteiger partial charge < -0.3 is 5.32 Å². The zero-order valence-electron chi connectivity index (χ0n) is 14.1. The number of hydrogen-bond donors (Lipinski definition) is 2. The molecule has 1 heterocycles. The standard InChI is InChI=1S/C17H23N5S/c1-5-18-17(23)20-19-10-16-13(3)21-22(14(16)4)11-15-8-6-12(2)7-9-15/h6-10H,5,11H2,1-4H3,(H2,18,20,23)/b19-10-. The fraction of sp³-hybridized carbons (Fsp3) is 0.353. The van der Waals surface area contributed by atoms with Crippen LogP contribution in [-0.4, -0.2) is 27.7 Å². The molecule has 0 radical (unpaired) electrons. The molecule has 0 saturated carbocycles. The average Bonchev–Trinajstić information content (AvgIpc) is 2.77. The molecule has 1 aromatic heterocycles. The molecule has 2 rings (SSSR count). The van der Waals surface area contributed by atoms with E-state index in [9.17, 15) is 0 Å². The minimum atomic E-state index is 0.520. The number of aromatic nitrogens is 2. The topological polar surface area (TPSA) is 54.2 Å². The molecule has 122 valence electrons. The van der Waals surface area contributed by atoms with E-state index in [1.54, 1.807) is 6.21 Å². The van der Waals surface area contributed by atoms with Crippen LogP contribution < -0.4 is 10.7 Å². The molecule has 2 N–H and O–H groups in total. The molecule has 6 heteroatoms. The van der Waals surface area contributed by atoms with Crippen molar-refractivity contribution in [2.45, 2.75) is 34.2 Å². The summed E-state index contributed by atoms with van der Waals surface area (Å²) >= 11 is 5.08. The van der Waals surface area contributed by atoms with E-state index in [4.69, 9.17) is 12.2 Å². The third-order valence-corrected chi connectivity index (χ3v) is 3.82. The number of rotatable bonds is 5. The van der Waals surface area contributed by atoms with Crippen LogP contribution in [0.5, 0.6) is 0 Å². The summed E-state index contributed by atoms with van der Waals surface area (Å²) in [6.07, 6.45) is 1.77. The maximum atomic E-state index is 5.08. The van der Waals surface area contributed by atoms with Crippen molar-refractivity contribution in [3.8, 4) is 0 Å². The number of hydrogen-bond acceptors (Lipinski definition) is 3. The second-order valence-corrected chi connectivity index (χ2v) is 5.87. The summed E-state index contributed by atoms with van der Waals surface area (Å²) in [4.78, 5) is 0. The molecule has 2 aromatic rings. The van der Waals surface area contributed by atoms with Crippen molar-refractivity contribution in [3.05, 3.63) is 52.3 Å². The van der Waals surface area contributed by atoms with Crippen LogP contribution >= 0.6 is 12.2 Å². The van der Waals surface area contributed by atoms with Crippen molar-refractivity contribution in [2.75, 3.05) is 6.54 Å². The van der Waals surface area contributed by atoms with Gasteiger partial charge in [0.15, 0.2) is 5.11 Å². The lowest BCUT2D eigenvalue weighted by Crippen LogP contribution is -2.31. The van der Waals surface area contributed by atoms with Gasteiger partial charge in [-0.1, -0.05) is 29.8 Å². The lowest BCUT2D eigenvalue weighted by atomic mass is 10.1. The Morgan fingerprint density at radius 3 is 2.61 bits per heavy atom. The molecular formula is C17H23N5S. The van der Waals surface area contributed by atoms with E-state index in [1.165, 1.54) is 11.1 Å². The van der Waals surface area contributed by atoms with Crippen LogP contribution in [0.3, 0.4) is 0 Å². The molecular weight excluding hydrogens is 306 g/mol. The molecule has 23 heavy (non-hydrogen) atoms. The maximum Gasteiger partial charge on any atom is 0.186 e. The van der Waals surface area contributed by atoms with Crippen LogP contribution in [0.1, 0.15) is 35.0 Å². The molecule has 0 fully saturated rings. The number of nitrogens with zero attached hydrogens (tertiary/aromatic N) is 3. The first kappa shape index (κ1) is 17.1. The zero-order valence-corrected chi connectivity index (χ0v) is 14.9. The third-order valence-electron chi connectivity index (χ3n) is 3.59. The minimum Gasteiger partial charge on any atom is -0.362 e. The first-order valence-corrected chi connectivity index (χ1v) is 8.08. The van der Waals surface area contributed by atoms with Crippen molar-refractivity contribution in [1.29, 1.82) is 0 Å². The van der Waals surface area contributed by atoms with Gasteiger partial charge in [-0.3, -0.25) is 10.1 Å². The van der Waals surface area contributed by atoms with E-state index < -0.39 is 0 Å². The number of hydrazone groups is 1. The first-order chi connectivity index (χ1) is 11.0. The number of thiocarbonyl (C=S) groups is 1. The monoisotopic (exact) mass is 329 g/mol. The maximum absolute atomic E-state index is 5.08. The molecule has 5 nitrogen and oxygen atoms in total. The van der Waals surface area contributed by atoms with E-state index in [0.29, 0.717) is 5.11 Å². The van der Waals surface area contributed by atoms with Gasteiger partial charge in [0.1, 0.15) is 0 Å². The molecule has 0 atom stereocenters. The second kappa shape index (κ2) is 7.87. The summed E-state index contributed by atoms with van der Waals surface area (Å²) in [7, 11) is 0. The average molecular weight is 329 g/mol. The Balaban J connectivity index is 2.11. The van der Waals surface area contributed by atoms with Crippen molar-refractivity contribution < 1.29 is 0 Å². The van der Waals surface area contributed by atoms with Gasteiger partial charge >= 0.3 is 0 Å². The Morgan fingerprint density at radius 1 is 1.26 bits per heavy atom. The highest BCUT2D eigenvalue weighted by Gasteiger charge is 2.10. The summed E-state index contributed by atoms with van der Waals surface area (Å²) in [5.74, 6) is 0. The van der Waals surface area contributed by atoms with Crippen LogP contribution in [0.4, 0.5) is 0 Å². The summed E-state index contributed by atoms with van der Waals surface area (Å²) in [5.41, 5.74) is 8.36. The summed E-state index contributed by atoms with van der Waals surface area (Å²) in [5, 5.41) is 12.3. The number of benzene rings is 1. The van der Waals surface area contributed by atoms with Gasteiger partial charge in [-0.15, -0.1) is 0 Å². The van der Waals surface area contributed by atoms with Gasteiger partial charge in [0, 0.05) is 17.8 Å².